The van der Waals surface area contributed by atoms with Crippen LogP contribution in [0.1, 0.15) is 12.1 Å². The van der Waals surface area contributed by atoms with Crippen molar-refractivity contribution >= 4 is 0 Å². The van der Waals surface area contributed by atoms with Crippen LogP contribution in [0.3, 0.4) is 0 Å². The molecule has 0 saturated carbocycles. The fourth-order valence-corrected chi connectivity index (χ4v) is 1.29. The van der Waals surface area contributed by atoms with Crippen LogP contribution in [0.4, 0.5) is 0 Å². The standard InChI is InChI=1S/C9H13N3O2/c10-3-7-4-12-9(5-11-7)14-8-1-2-13-6-8/h4-5,8H,1-3,6,10H2. The second-order valence-electron chi connectivity index (χ2n) is 3.15. The molecule has 0 amide bonds. The molecule has 2 rings (SSSR count). The molecule has 5 heteroatoms. The van der Waals surface area contributed by atoms with Crippen LogP contribution in [0, 0.1) is 0 Å². The van der Waals surface area contributed by atoms with Crippen molar-refractivity contribution in [3.8, 4) is 5.88 Å². The summed E-state index contributed by atoms with van der Waals surface area (Å²) in [4.78, 5) is 8.18. The van der Waals surface area contributed by atoms with Crippen LogP contribution in [0.15, 0.2) is 12.4 Å². The molecule has 1 atom stereocenters. The molecule has 0 spiro atoms. The number of rotatable bonds is 3. The lowest BCUT2D eigenvalue weighted by Crippen LogP contribution is -2.16. The summed E-state index contributed by atoms with van der Waals surface area (Å²) in [6, 6.07) is 0. The van der Waals surface area contributed by atoms with Crippen LogP contribution in [0.25, 0.3) is 0 Å². The monoisotopic (exact) mass is 195 g/mol. The molecule has 0 aromatic carbocycles. The zero-order chi connectivity index (χ0) is 9.80. The van der Waals surface area contributed by atoms with E-state index in [-0.39, 0.29) is 6.10 Å². The number of nitrogens with zero attached hydrogens (tertiary/aromatic N) is 2. The summed E-state index contributed by atoms with van der Waals surface area (Å²) >= 11 is 0. The van der Waals surface area contributed by atoms with Gasteiger partial charge in [-0.15, -0.1) is 0 Å². The van der Waals surface area contributed by atoms with Gasteiger partial charge in [-0.3, -0.25) is 4.98 Å². The Hall–Kier alpha value is -1.20. The predicted molar refractivity (Wildman–Crippen MR) is 49.8 cm³/mol. The summed E-state index contributed by atoms with van der Waals surface area (Å²) in [6.07, 6.45) is 4.26. The highest BCUT2D eigenvalue weighted by atomic mass is 16.5. The van der Waals surface area contributed by atoms with Crippen LogP contribution in [0.2, 0.25) is 0 Å². The highest BCUT2D eigenvalue weighted by molar-refractivity contribution is 5.07. The van der Waals surface area contributed by atoms with Crippen molar-refractivity contribution in [3.63, 3.8) is 0 Å². The fraction of sp³-hybridized carbons (Fsp3) is 0.556. The first kappa shape index (κ1) is 9.36. The van der Waals surface area contributed by atoms with Crippen molar-refractivity contribution in [3.05, 3.63) is 18.1 Å². The van der Waals surface area contributed by atoms with Crippen LogP contribution < -0.4 is 10.5 Å². The summed E-state index contributed by atoms with van der Waals surface area (Å²) < 4.78 is 10.7. The van der Waals surface area contributed by atoms with Crippen molar-refractivity contribution in [2.75, 3.05) is 13.2 Å². The van der Waals surface area contributed by atoms with Gasteiger partial charge >= 0.3 is 0 Å². The lowest BCUT2D eigenvalue weighted by molar-refractivity contribution is 0.137. The molecule has 1 saturated heterocycles. The van der Waals surface area contributed by atoms with Gasteiger partial charge < -0.3 is 15.2 Å². The summed E-state index contributed by atoms with van der Waals surface area (Å²) in [5, 5.41) is 0. The molecule has 0 aliphatic carbocycles. The fourth-order valence-electron chi connectivity index (χ4n) is 1.29. The molecule has 76 valence electrons. The Morgan fingerprint density at radius 1 is 1.50 bits per heavy atom. The molecule has 1 aromatic rings. The maximum atomic E-state index is 5.54. The number of hydrogen-bond acceptors (Lipinski definition) is 5. The Labute approximate surface area is 82.3 Å². The van der Waals surface area contributed by atoms with Gasteiger partial charge in [0.1, 0.15) is 6.10 Å². The Kier molecular flexibility index (Phi) is 2.90. The van der Waals surface area contributed by atoms with E-state index in [9.17, 15) is 0 Å². The van der Waals surface area contributed by atoms with Gasteiger partial charge in [0, 0.05) is 13.0 Å². The smallest absolute Gasteiger partial charge is 0.232 e. The molecule has 2 heterocycles. The predicted octanol–water partition coefficient (Wildman–Crippen LogP) is 0.103. The molecule has 0 bridgehead atoms. The second-order valence-corrected chi connectivity index (χ2v) is 3.15. The van der Waals surface area contributed by atoms with Gasteiger partial charge in [0.15, 0.2) is 0 Å². The average molecular weight is 195 g/mol. The first-order chi connectivity index (χ1) is 6.88. The lowest BCUT2D eigenvalue weighted by Gasteiger charge is -2.09. The normalized spacial score (nSPS) is 21.1. The third-order valence-electron chi connectivity index (χ3n) is 2.07. The van der Waals surface area contributed by atoms with Gasteiger partial charge in [-0.25, -0.2) is 4.98 Å². The van der Waals surface area contributed by atoms with Crippen molar-refractivity contribution in [2.45, 2.75) is 19.1 Å². The maximum Gasteiger partial charge on any atom is 0.232 e. The van der Waals surface area contributed by atoms with Gasteiger partial charge in [-0.1, -0.05) is 0 Å². The van der Waals surface area contributed by atoms with Crippen LogP contribution in [-0.2, 0) is 11.3 Å². The average Bonchev–Trinajstić information content (AvgIpc) is 2.72. The zero-order valence-electron chi connectivity index (χ0n) is 7.85. The van der Waals surface area contributed by atoms with Gasteiger partial charge in [0.05, 0.1) is 31.3 Å². The Morgan fingerprint density at radius 3 is 3.00 bits per heavy atom. The summed E-state index contributed by atoms with van der Waals surface area (Å²) in [5.41, 5.74) is 6.16. The molecular formula is C9H13N3O2. The van der Waals surface area contributed by atoms with Crippen LogP contribution >= 0.6 is 0 Å². The maximum absolute atomic E-state index is 5.54. The zero-order valence-corrected chi connectivity index (χ0v) is 7.85. The molecule has 1 aromatic heterocycles. The van der Waals surface area contributed by atoms with E-state index in [0.717, 1.165) is 18.7 Å². The van der Waals surface area contributed by atoms with Crippen molar-refractivity contribution in [1.29, 1.82) is 0 Å². The Balaban J connectivity index is 1.95. The largest absolute Gasteiger partial charge is 0.471 e. The van der Waals surface area contributed by atoms with Crippen LogP contribution in [-0.4, -0.2) is 29.3 Å². The molecule has 1 aliphatic heterocycles. The van der Waals surface area contributed by atoms with E-state index in [2.05, 4.69) is 9.97 Å². The van der Waals surface area contributed by atoms with E-state index in [4.69, 9.17) is 15.2 Å². The molecule has 0 radical (unpaired) electrons. The van der Waals surface area contributed by atoms with Gasteiger partial charge in [0.2, 0.25) is 5.88 Å². The quantitative estimate of drug-likeness (QED) is 0.740. The molecule has 14 heavy (non-hydrogen) atoms. The minimum atomic E-state index is 0.119. The molecule has 5 nitrogen and oxygen atoms in total. The van der Waals surface area contributed by atoms with Gasteiger partial charge in [0.25, 0.3) is 0 Å². The Morgan fingerprint density at radius 2 is 2.43 bits per heavy atom. The minimum Gasteiger partial charge on any atom is -0.471 e. The first-order valence-corrected chi connectivity index (χ1v) is 4.64. The minimum absolute atomic E-state index is 0.119. The molecule has 1 fully saturated rings. The van der Waals surface area contributed by atoms with Crippen molar-refractivity contribution in [2.24, 2.45) is 5.73 Å². The topological polar surface area (TPSA) is 70.3 Å². The second kappa shape index (κ2) is 4.34. The third-order valence-corrected chi connectivity index (χ3v) is 2.07. The number of nitrogens with two attached hydrogens (primary N) is 1. The van der Waals surface area contributed by atoms with Crippen LogP contribution in [0.5, 0.6) is 5.88 Å². The Bertz CT molecular complexity index is 283. The van der Waals surface area contributed by atoms with E-state index >= 15 is 0 Å². The van der Waals surface area contributed by atoms with Crippen molar-refractivity contribution in [1.82, 2.24) is 9.97 Å². The number of hydrogen-bond donors (Lipinski definition) is 1. The van der Waals surface area contributed by atoms with E-state index in [1.165, 1.54) is 0 Å². The molecule has 2 N–H and O–H groups in total. The van der Waals surface area contributed by atoms with Crippen molar-refractivity contribution < 1.29 is 9.47 Å². The molecule has 1 aliphatic rings. The third kappa shape index (κ3) is 2.18. The first-order valence-electron chi connectivity index (χ1n) is 4.64. The highest BCUT2D eigenvalue weighted by Gasteiger charge is 2.17. The summed E-state index contributed by atoms with van der Waals surface area (Å²) in [6.45, 7) is 1.80. The van der Waals surface area contributed by atoms with E-state index in [1.807, 2.05) is 0 Å². The number of aromatic nitrogens is 2. The van der Waals surface area contributed by atoms with E-state index < -0.39 is 0 Å². The summed E-state index contributed by atoms with van der Waals surface area (Å²) in [7, 11) is 0. The SMILES string of the molecule is NCc1cnc(OC2CCOC2)cn1. The van der Waals surface area contributed by atoms with Gasteiger partial charge in [-0.2, -0.15) is 0 Å². The molecular weight excluding hydrogens is 182 g/mol. The summed E-state index contributed by atoms with van der Waals surface area (Å²) in [5.74, 6) is 0.540. The highest BCUT2D eigenvalue weighted by Crippen LogP contribution is 2.12. The van der Waals surface area contributed by atoms with Gasteiger partial charge in [-0.05, 0) is 0 Å². The van der Waals surface area contributed by atoms with E-state index in [1.54, 1.807) is 12.4 Å². The van der Waals surface area contributed by atoms with E-state index in [0.29, 0.717) is 19.0 Å². The molecule has 1 unspecified atom stereocenters. The lowest BCUT2D eigenvalue weighted by atomic mass is 10.3. The number of ether oxygens (including phenoxy) is 2.